The second-order valence-corrected chi connectivity index (χ2v) is 6.58. The van der Waals surface area contributed by atoms with Crippen molar-refractivity contribution in [3.05, 3.63) is 59.7 Å². The van der Waals surface area contributed by atoms with Gasteiger partial charge in [-0.25, -0.2) is 0 Å². The summed E-state index contributed by atoms with van der Waals surface area (Å²) in [6, 6.07) is 14.9. The number of benzene rings is 2. The highest BCUT2D eigenvalue weighted by atomic mass is 16.2. The molecule has 0 heterocycles. The summed E-state index contributed by atoms with van der Waals surface area (Å²) >= 11 is 0. The maximum atomic E-state index is 12.3. The normalized spacial score (nSPS) is 13.6. The van der Waals surface area contributed by atoms with Crippen LogP contribution in [0.1, 0.15) is 48.5 Å². The van der Waals surface area contributed by atoms with Gasteiger partial charge in [0.05, 0.1) is 0 Å². The van der Waals surface area contributed by atoms with Crippen LogP contribution in [0, 0.1) is 5.92 Å². The number of hydrogen-bond donors (Lipinski definition) is 2. The fourth-order valence-electron chi connectivity index (χ4n) is 2.47. The van der Waals surface area contributed by atoms with E-state index >= 15 is 0 Å². The van der Waals surface area contributed by atoms with Crippen LogP contribution in [0.15, 0.2) is 48.5 Å². The molecule has 0 radical (unpaired) electrons. The minimum atomic E-state index is -0.157. The Morgan fingerprint density at radius 2 is 1.67 bits per heavy atom. The summed E-state index contributed by atoms with van der Waals surface area (Å²) < 4.78 is 0. The van der Waals surface area contributed by atoms with Crippen molar-refractivity contribution < 1.29 is 9.59 Å². The standard InChI is InChI=1S/C20H22N2O2/c1-13(2)16-4-3-5-18(12-16)22-20(24)15-8-10-17(11-9-15)21-19(23)14-6-7-14/h3-5,8-14H,6-7H2,1-2H3,(H,21,23)(H,22,24). The van der Waals surface area contributed by atoms with E-state index in [-0.39, 0.29) is 17.7 Å². The second-order valence-electron chi connectivity index (χ2n) is 6.58. The zero-order chi connectivity index (χ0) is 17.1. The molecule has 1 aliphatic rings. The summed E-state index contributed by atoms with van der Waals surface area (Å²) in [5.74, 6) is 0.492. The minimum absolute atomic E-state index is 0.0673. The van der Waals surface area contributed by atoms with Crippen LogP contribution in [-0.2, 0) is 4.79 Å². The zero-order valence-electron chi connectivity index (χ0n) is 14.0. The molecule has 2 aromatic rings. The molecular formula is C20H22N2O2. The largest absolute Gasteiger partial charge is 0.326 e. The fourth-order valence-corrected chi connectivity index (χ4v) is 2.47. The van der Waals surface area contributed by atoms with Crippen molar-refractivity contribution in [1.29, 1.82) is 0 Å². The van der Waals surface area contributed by atoms with Gasteiger partial charge in [-0.15, -0.1) is 0 Å². The van der Waals surface area contributed by atoms with Crippen LogP contribution >= 0.6 is 0 Å². The van der Waals surface area contributed by atoms with Crippen molar-refractivity contribution in [2.24, 2.45) is 5.92 Å². The highest BCUT2D eigenvalue weighted by molar-refractivity contribution is 6.04. The SMILES string of the molecule is CC(C)c1cccc(NC(=O)c2ccc(NC(=O)C3CC3)cc2)c1. The molecular weight excluding hydrogens is 300 g/mol. The molecule has 2 aromatic carbocycles. The van der Waals surface area contributed by atoms with Crippen molar-refractivity contribution >= 4 is 23.2 Å². The van der Waals surface area contributed by atoms with Gasteiger partial charge in [-0.2, -0.15) is 0 Å². The maximum Gasteiger partial charge on any atom is 0.255 e. The average molecular weight is 322 g/mol. The monoisotopic (exact) mass is 322 g/mol. The number of rotatable bonds is 5. The van der Waals surface area contributed by atoms with E-state index in [4.69, 9.17) is 0 Å². The average Bonchev–Trinajstić information content (AvgIpc) is 3.40. The Bertz CT molecular complexity index is 746. The van der Waals surface area contributed by atoms with Gasteiger partial charge in [0.15, 0.2) is 0 Å². The summed E-state index contributed by atoms with van der Waals surface area (Å²) in [7, 11) is 0. The Balaban J connectivity index is 1.64. The van der Waals surface area contributed by atoms with Gasteiger partial charge in [0, 0.05) is 22.9 Å². The zero-order valence-corrected chi connectivity index (χ0v) is 14.0. The second kappa shape index (κ2) is 6.87. The molecule has 4 heteroatoms. The third-order valence-electron chi connectivity index (χ3n) is 4.17. The Hall–Kier alpha value is -2.62. The van der Waals surface area contributed by atoms with E-state index in [1.807, 2.05) is 18.2 Å². The van der Waals surface area contributed by atoms with Gasteiger partial charge in [0.2, 0.25) is 5.91 Å². The molecule has 3 rings (SSSR count). The Labute approximate surface area is 142 Å². The molecule has 124 valence electrons. The van der Waals surface area contributed by atoms with Crippen LogP contribution in [0.25, 0.3) is 0 Å². The van der Waals surface area contributed by atoms with Crippen molar-refractivity contribution in [1.82, 2.24) is 0 Å². The first kappa shape index (κ1) is 16.2. The number of carbonyl (C=O) groups is 2. The van der Waals surface area contributed by atoms with Crippen LogP contribution in [0.5, 0.6) is 0 Å². The minimum Gasteiger partial charge on any atom is -0.326 e. The van der Waals surface area contributed by atoms with E-state index in [9.17, 15) is 9.59 Å². The van der Waals surface area contributed by atoms with Gasteiger partial charge >= 0.3 is 0 Å². The Morgan fingerprint density at radius 1 is 0.958 bits per heavy atom. The van der Waals surface area contributed by atoms with Crippen molar-refractivity contribution in [2.45, 2.75) is 32.6 Å². The van der Waals surface area contributed by atoms with Crippen molar-refractivity contribution in [2.75, 3.05) is 10.6 Å². The van der Waals surface area contributed by atoms with Gasteiger partial charge in [0.25, 0.3) is 5.91 Å². The lowest BCUT2D eigenvalue weighted by atomic mass is 10.0. The molecule has 4 nitrogen and oxygen atoms in total. The fraction of sp³-hybridized carbons (Fsp3) is 0.300. The number of amides is 2. The molecule has 1 saturated carbocycles. The molecule has 2 amide bonds. The van der Waals surface area contributed by atoms with Crippen LogP contribution in [0.2, 0.25) is 0 Å². The number of hydrogen-bond acceptors (Lipinski definition) is 2. The molecule has 1 aliphatic carbocycles. The maximum absolute atomic E-state index is 12.3. The van der Waals surface area contributed by atoms with Crippen LogP contribution in [0.4, 0.5) is 11.4 Å². The highest BCUT2D eigenvalue weighted by Crippen LogP contribution is 2.30. The van der Waals surface area contributed by atoms with E-state index in [0.717, 1.165) is 24.2 Å². The molecule has 24 heavy (non-hydrogen) atoms. The van der Waals surface area contributed by atoms with Crippen LogP contribution in [0.3, 0.4) is 0 Å². The molecule has 1 fully saturated rings. The van der Waals surface area contributed by atoms with Crippen LogP contribution < -0.4 is 10.6 Å². The molecule has 2 N–H and O–H groups in total. The van der Waals surface area contributed by atoms with E-state index in [2.05, 4.69) is 30.5 Å². The van der Waals surface area contributed by atoms with Gasteiger partial charge in [-0.05, 0) is 60.7 Å². The van der Waals surface area contributed by atoms with E-state index < -0.39 is 0 Å². The van der Waals surface area contributed by atoms with Gasteiger partial charge < -0.3 is 10.6 Å². The molecule has 0 aromatic heterocycles. The van der Waals surface area contributed by atoms with Crippen molar-refractivity contribution in [3.63, 3.8) is 0 Å². The lowest BCUT2D eigenvalue weighted by Gasteiger charge is -2.10. The first-order valence-electron chi connectivity index (χ1n) is 8.35. The van der Waals surface area contributed by atoms with Crippen LogP contribution in [-0.4, -0.2) is 11.8 Å². The molecule has 0 spiro atoms. The summed E-state index contributed by atoms with van der Waals surface area (Å²) in [5.41, 5.74) is 3.27. The van der Waals surface area contributed by atoms with E-state index in [1.54, 1.807) is 24.3 Å². The topological polar surface area (TPSA) is 58.2 Å². The van der Waals surface area contributed by atoms with Gasteiger partial charge in [-0.3, -0.25) is 9.59 Å². The lowest BCUT2D eigenvalue weighted by Crippen LogP contribution is -2.14. The number of carbonyl (C=O) groups excluding carboxylic acids is 2. The predicted molar refractivity (Wildman–Crippen MR) is 96.3 cm³/mol. The first-order chi connectivity index (χ1) is 11.5. The summed E-state index contributed by atoms with van der Waals surface area (Å²) in [4.78, 5) is 24.1. The number of nitrogens with one attached hydrogen (secondary N) is 2. The van der Waals surface area contributed by atoms with Gasteiger partial charge in [-0.1, -0.05) is 26.0 Å². The molecule has 0 aliphatic heterocycles. The predicted octanol–water partition coefficient (Wildman–Crippen LogP) is 4.41. The molecule has 0 atom stereocenters. The van der Waals surface area contributed by atoms with E-state index in [0.29, 0.717) is 11.5 Å². The third-order valence-corrected chi connectivity index (χ3v) is 4.17. The summed E-state index contributed by atoms with van der Waals surface area (Å²) in [6.07, 6.45) is 1.95. The third kappa shape index (κ3) is 4.02. The molecule has 0 saturated heterocycles. The summed E-state index contributed by atoms with van der Waals surface area (Å²) in [6.45, 7) is 4.24. The Kier molecular flexibility index (Phi) is 4.65. The van der Waals surface area contributed by atoms with Gasteiger partial charge in [0.1, 0.15) is 0 Å². The first-order valence-corrected chi connectivity index (χ1v) is 8.35. The van der Waals surface area contributed by atoms with E-state index in [1.165, 1.54) is 5.56 Å². The molecule has 0 bridgehead atoms. The Morgan fingerprint density at radius 3 is 2.29 bits per heavy atom. The summed E-state index contributed by atoms with van der Waals surface area (Å²) in [5, 5.41) is 5.78. The quantitative estimate of drug-likeness (QED) is 0.856. The van der Waals surface area contributed by atoms with Crippen molar-refractivity contribution in [3.8, 4) is 0 Å². The lowest BCUT2D eigenvalue weighted by molar-refractivity contribution is -0.117. The molecule has 0 unspecified atom stereocenters. The number of anilines is 2. The smallest absolute Gasteiger partial charge is 0.255 e. The highest BCUT2D eigenvalue weighted by Gasteiger charge is 2.29.